The van der Waals surface area contributed by atoms with E-state index in [9.17, 15) is 4.79 Å². The molecule has 1 saturated heterocycles. The van der Waals surface area contributed by atoms with Crippen molar-refractivity contribution >= 4 is 6.03 Å². The largest absolute Gasteiger partial charge is 0.496 e. The lowest BCUT2D eigenvalue weighted by molar-refractivity contribution is 0.216. The summed E-state index contributed by atoms with van der Waals surface area (Å²) in [4.78, 5) is 13.2. The first kappa shape index (κ1) is 11.8. The molecule has 0 bridgehead atoms. The highest BCUT2D eigenvalue weighted by Gasteiger charge is 2.31. The van der Waals surface area contributed by atoms with Gasteiger partial charge in [-0.2, -0.15) is 0 Å². The Morgan fingerprint density at radius 3 is 2.65 bits per heavy atom. The van der Waals surface area contributed by atoms with E-state index >= 15 is 0 Å². The molecular weight excluding hydrogens is 216 g/mol. The number of rotatable bonds is 2. The quantitative estimate of drug-likeness (QED) is 0.850. The van der Waals surface area contributed by atoms with E-state index in [1.165, 1.54) is 5.56 Å². The fraction of sp³-hybridized carbons (Fsp3) is 0.462. The fourth-order valence-corrected chi connectivity index (χ4v) is 2.42. The Morgan fingerprint density at radius 1 is 1.41 bits per heavy atom. The molecule has 2 amide bonds. The summed E-state index contributed by atoms with van der Waals surface area (Å²) < 4.78 is 5.44. The Kier molecular flexibility index (Phi) is 2.96. The number of nitrogens with one attached hydrogen (secondary N) is 1. The zero-order chi connectivity index (χ0) is 12.6. The van der Waals surface area contributed by atoms with E-state index in [1.54, 1.807) is 12.0 Å². The molecule has 0 spiro atoms. The summed E-state index contributed by atoms with van der Waals surface area (Å²) in [6.07, 6.45) is 0. The van der Waals surface area contributed by atoms with Gasteiger partial charge in [-0.15, -0.1) is 0 Å². The summed E-state index contributed by atoms with van der Waals surface area (Å²) in [6, 6.07) is 4.16. The Bertz CT molecular complexity index is 457. The highest BCUT2D eigenvalue weighted by Crippen LogP contribution is 2.34. The number of aryl methyl sites for hydroxylation is 2. The summed E-state index contributed by atoms with van der Waals surface area (Å²) >= 11 is 0. The van der Waals surface area contributed by atoms with Crippen LogP contribution in [0.2, 0.25) is 0 Å². The number of urea groups is 1. The smallest absolute Gasteiger partial charge is 0.317 e. The Morgan fingerprint density at radius 2 is 2.12 bits per heavy atom. The average Bonchev–Trinajstić information content (AvgIpc) is 2.59. The fourth-order valence-electron chi connectivity index (χ4n) is 2.42. The van der Waals surface area contributed by atoms with E-state index in [1.807, 2.05) is 20.0 Å². The second-order valence-electron chi connectivity index (χ2n) is 4.51. The third-order valence-corrected chi connectivity index (χ3v) is 3.28. The van der Waals surface area contributed by atoms with Crippen LogP contribution in [0.15, 0.2) is 12.1 Å². The summed E-state index contributed by atoms with van der Waals surface area (Å²) in [6.45, 7) is 4.73. The standard InChI is InChI=1S/C13H18N2O2/c1-8-5-9(2)12(11(6-8)17-4)10-7-14-13(16)15(10)3/h5-6,10H,7H2,1-4H3,(H,14,16). The van der Waals surface area contributed by atoms with E-state index < -0.39 is 0 Å². The van der Waals surface area contributed by atoms with Crippen LogP contribution in [-0.4, -0.2) is 31.6 Å². The van der Waals surface area contributed by atoms with E-state index in [-0.39, 0.29) is 12.1 Å². The van der Waals surface area contributed by atoms with Crippen molar-refractivity contribution in [2.24, 2.45) is 0 Å². The van der Waals surface area contributed by atoms with Gasteiger partial charge in [-0.25, -0.2) is 4.79 Å². The lowest BCUT2D eigenvalue weighted by Gasteiger charge is -2.23. The van der Waals surface area contributed by atoms with Crippen molar-refractivity contribution in [2.45, 2.75) is 19.9 Å². The Hall–Kier alpha value is -1.71. The molecule has 1 unspecified atom stereocenters. The van der Waals surface area contributed by atoms with Crippen LogP contribution in [0.4, 0.5) is 4.79 Å². The van der Waals surface area contributed by atoms with Crippen molar-refractivity contribution in [1.82, 2.24) is 10.2 Å². The predicted molar refractivity (Wildman–Crippen MR) is 66.4 cm³/mol. The first-order chi connectivity index (χ1) is 8.04. The molecule has 1 aliphatic rings. The summed E-state index contributed by atoms with van der Waals surface area (Å²) in [7, 11) is 3.48. The van der Waals surface area contributed by atoms with Gasteiger partial charge in [-0.1, -0.05) is 6.07 Å². The van der Waals surface area contributed by atoms with Gasteiger partial charge in [0, 0.05) is 19.2 Å². The average molecular weight is 234 g/mol. The minimum atomic E-state index is -0.0305. The summed E-state index contributed by atoms with van der Waals surface area (Å²) in [5.41, 5.74) is 3.43. The van der Waals surface area contributed by atoms with Crippen LogP contribution in [0.3, 0.4) is 0 Å². The van der Waals surface area contributed by atoms with Crippen molar-refractivity contribution in [3.05, 3.63) is 28.8 Å². The number of hydrogen-bond acceptors (Lipinski definition) is 2. The SMILES string of the molecule is COc1cc(C)cc(C)c1C1CNC(=O)N1C. The number of ether oxygens (including phenoxy) is 1. The molecule has 1 N–H and O–H groups in total. The van der Waals surface area contributed by atoms with Gasteiger partial charge in [0.05, 0.1) is 13.2 Å². The third-order valence-electron chi connectivity index (χ3n) is 3.28. The first-order valence-electron chi connectivity index (χ1n) is 5.70. The molecule has 4 nitrogen and oxygen atoms in total. The van der Waals surface area contributed by atoms with E-state index in [4.69, 9.17) is 4.74 Å². The number of carbonyl (C=O) groups is 1. The van der Waals surface area contributed by atoms with Crippen LogP contribution in [0, 0.1) is 13.8 Å². The highest BCUT2D eigenvalue weighted by molar-refractivity contribution is 5.77. The van der Waals surface area contributed by atoms with Gasteiger partial charge in [-0.05, 0) is 31.0 Å². The number of benzene rings is 1. The predicted octanol–water partition coefficient (Wildman–Crippen LogP) is 2.01. The van der Waals surface area contributed by atoms with Crippen molar-refractivity contribution < 1.29 is 9.53 Å². The molecule has 1 heterocycles. The zero-order valence-electron chi connectivity index (χ0n) is 10.7. The molecule has 0 radical (unpaired) electrons. The summed E-state index contributed by atoms with van der Waals surface area (Å²) in [5, 5.41) is 2.84. The maximum Gasteiger partial charge on any atom is 0.317 e. The molecule has 1 aromatic carbocycles. The van der Waals surface area contributed by atoms with E-state index in [0.717, 1.165) is 16.9 Å². The van der Waals surface area contributed by atoms with Crippen LogP contribution >= 0.6 is 0 Å². The minimum Gasteiger partial charge on any atom is -0.496 e. The third kappa shape index (κ3) is 1.95. The highest BCUT2D eigenvalue weighted by atomic mass is 16.5. The molecule has 17 heavy (non-hydrogen) atoms. The summed E-state index contributed by atoms with van der Waals surface area (Å²) in [5.74, 6) is 0.857. The first-order valence-corrected chi connectivity index (χ1v) is 5.70. The lowest BCUT2D eigenvalue weighted by atomic mass is 9.97. The van der Waals surface area contributed by atoms with Crippen LogP contribution in [0.25, 0.3) is 0 Å². The zero-order valence-corrected chi connectivity index (χ0v) is 10.7. The molecule has 0 saturated carbocycles. The molecule has 1 aromatic rings. The lowest BCUT2D eigenvalue weighted by Crippen LogP contribution is -2.25. The molecule has 0 aromatic heterocycles. The van der Waals surface area contributed by atoms with Gasteiger partial charge in [0.15, 0.2) is 0 Å². The number of carbonyl (C=O) groups excluding carboxylic acids is 1. The van der Waals surface area contributed by atoms with Gasteiger partial charge in [0.25, 0.3) is 0 Å². The molecule has 1 fully saturated rings. The number of hydrogen-bond donors (Lipinski definition) is 1. The van der Waals surface area contributed by atoms with Gasteiger partial charge in [0.1, 0.15) is 5.75 Å². The second-order valence-corrected chi connectivity index (χ2v) is 4.51. The van der Waals surface area contributed by atoms with Gasteiger partial charge in [0.2, 0.25) is 0 Å². The van der Waals surface area contributed by atoms with Crippen LogP contribution in [0.1, 0.15) is 22.7 Å². The van der Waals surface area contributed by atoms with E-state index in [2.05, 4.69) is 18.3 Å². The van der Waals surface area contributed by atoms with Crippen molar-refractivity contribution in [3.63, 3.8) is 0 Å². The Labute approximate surface area is 102 Å². The van der Waals surface area contributed by atoms with Crippen molar-refractivity contribution in [3.8, 4) is 5.75 Å². The van der Waals surface area contributed by atoms with Crippen molar-refractivity contribution in [2.75, 3.05) is 20.7 Å². The number of likely N-dealkylation sites (N-methyl/N-ethyl adjacent to an activating group) is 1. The molecule has 4 heteroatoms. The van der Waals surface area contributed by atoms with E-state index in [0.29, 0.717) is 6.54 Å². The maximum atomic E-state index is 11.5. The second kappa shape index (κ2) is 4.28. The number of methoxy groups -OCH3 is 1. The number of amides is 2. The minimum absolute atomic E-state index is 0.0305. The molecule has 2 rings (SSSR count). The topological polar surface area (TPSA) is 41.6 Å². The maximum absolute atomic E-state index is 11.5. The molecular formula is C13H18N2O2. The van der Waals surface area contributed by atoms with Crippen LogP contribution in [-0.2, 0) is 0 Å². The normalized spacial score (nSPS) is 19.4. The van der Waals surface area contributed by atoms with Crippen LogP contribution < -0.4 is 10.1 Å². The molecule has 92 valence electrons. The van der Waals surface area contributed by atoms with Crippen LogP contribution in [0.5, 0.6) is 5.75 Å². The van der Waals surface area contributed by atoms with Gasteiger partial charge in [-0.3, -0.25) is 0 Å². The molecule has 0 aliphatic carbocycles. The van der Waals surface area contributed by atoms with Gasteiger partial charge >= 0.3 is 6.03 Å². The number of nitrogens with zero attached hydrogens (tertiary/aromatic N) is 1. The Balaban J connectivity index is 2.48. The molecule has 1 aliphatic heterocycles. The monoisotopic (exact) mass is 234 g/mol. The molecule has 1 atom stereocenters. The van der Waals surface area contributed by atoms with Crippen molar-refractivity contribution in [1.29, 1.82) is 0 Å². The van der Waals surface area contributed by atoms with Gasteiger partial charge < -0.3 is 15.0 Å².